The Morgan fingerprint density at radius 1 is 0.209 bits per heavy atom. The lowest BCUT2D eigenvalue weighted by Crippen LogP contribution is -2.26. The molecule has 15 rings (SSSR count). The van der Waals surface area contributed by atoms with Gasteiger partial charge in [0.05, 0.1) is 5.41 Å². The summed E-state index contributed by atoms with van der Waals surface area (Å²) in [6.45, 7) is 0. The highest BCUT2D eigenvalue weighted by molar-refractivity contribution is 6.23. The summed E-state index contributed by atoms with van der Waals surface area (Å²) in [5, 5.41) is 15.3. The van der Waals surface area contributed by atoms with Crippen LogP contribution in [-0.4, -0.2) is 0 Å². The van der Waals surface area contributed by atoms with Crippen LogP contribution in [0, 0.1) is 0 Å². The molecule has 1 spiro atoms. The molecule has 0 saturated heterocycles. The van der Waals surface area contributed by atoms with Gasteiger partial charge in [0.15, 0.2) is 0 Å². The van der Waals surface area contributed by atoms with Crippen molar-refractivity contribution in [3.8, 4) is 55.6 Å². The Hall–Kier alpha value is -8.58. The Bertz CT molecular complexity index is 4160. The van der Waals surface area contributed by atoms with Crippen LogP contribution in [0.25, 0.3) is 120 Å². The normalized spacial score (nSPS) is 13.2. The second-order valence-electron chi connectivity index (χ2n) is 18.6. The second kappa shape index (κ2) is 13.7. The Morgan fingerprint density at radius 2 is 0.627 bits per heavy atom. The summed E-state index contributed by atoms with van der Waals surface area (Å²) in [5.74, 6) is 0. The maximum atomic E-state index is 2.54. The molecule has 0 aromatic heterocycles. The van der Waals surface area contributed by atoms with Crippen LogP contribution in [0.5, 0.6) is 0 Å². The first-order chi connectivity index (χ1) is 33.2. The molecule has 0 bridgehead atoms. The quantitative estimate of drug-likeness (QED) is 0.123. The minimum atomic E-state index is -0.470. The van der Waals surface area contributed by atoms with E-state index in [1.807, 2.05) is 0 Å². The third-order valence-electron chi connectivity index (χ3n) is 15.4. The van der Waals surface area contributed by atoms with Gasteiger partial charge in [-0.1, -0.05) is 218 Å². The smallest absolute Gasteiger partial charge is 0.0619 e. The van der Waals surface area contributed by atoms with E-state index in [0.717, 1.165) is 0 Å². The molecule has 2 aliphatic rings. The van der Waals surface area contributed by atoms with Gasteiger partial charge in [-0.05, 0) is 167 Å². The average Bonchev–Trinajstić information content (AvgIpc) is 3.86. The molecule has 0 aliphatic heterocycles. The number of hydrogen-bond donors (Lipinski definition) is 0. The molecule has 0 heteroatoms. The number of hydrogen-bond acceptors (Lipinski definition) is 0. The third-order valence-corrected chi connectivity index (χ3v) is 15.4. The Balaban J connectivity index is 0.915. The van der Waals surface area contributed by atoms with Crippen LogP contribution >= 0.6 is 0 Å². The van der Waals surface area contributed by atoms with Crippen LogP contribution in [-0.2, 0) is 5.41 Å². The summed E-state index contributed by atoms with van der Waals surface area (Å²) >= 11 is 0. The van der Waals surface area contributed by atoms with Gasteiger partial charge in [0.25, 0.3) is 0 Å². The van der Waals surface area contributed by atoms with Crippen molar-refractivity contribution < 1.29 is 0 Å². The van der Waals surface area contributed by atoms with Crippen molar-refractivity contribution in [2.75, 3.05) is 0 Å². The van der Waals surface area contributed by atoms with Crippen molar-refractivity contribution in [2.24, 2.45) is 0 Å². The van der Waals surface area contributed by atoms with Gasteiger partial charge in [-0.25, -0.2) is 0 Å². The first kappa shape index (κ1) is 36.7. The molecule has 2 aliphatic carbocycles. The number of fused-ring (bicyclic) bond motifs is 19. The van der Waals surface area contributed by atoms with Crippen molar-refractivity contribution >= 4 is 64.6 Å². The Morgan fingerprint density at radius 3 is 1.27 bits per heavy atom. The molecule has 308 valence electrons. The highest BCUT2D eigenvalue weighted by Crippen LogP contribution is 2.66. The molecule has 13 aromatic rings. The lowest BCUT2D eigenvalue weighted by atomic mass is 9.69. The van der Waals surface area contributed by atoms with Gasteiger partial charge in [0, 0.05) is 0 Å². The lowest BCUT2D eigenvalue weighted by molar-refractivity contribution is 0.803. The van der Waals surface area contributed by atoms with Gasteiger partial charge in [-0.3, -0.25) is 0 Å². The Kier molecular flexibility index (Phi) is 7.52. The molecular formula is C67H40. The van der Waals surface area contributed by atoms with Crippen LogP contribution in [0.4, 0.5) is 0 Å². The molecule has 0 unspecified atom stereocenters. The van der Waals surface area contributed by atoms with Crippen LogP contribution in [0.2, 0.25) is 0 Å². The molecule has 0 nitrogen and oxygen atoms in total. The van der Waals surface area contributed by atoms with E-state index < -0.39 is 5.41 Å². The molecule has 0 radical (unpaired) electrons. The summed E-state index contributed by atoms with van der Waals surface area (Å²) in [6, 6.07) is 91.4. The van der Waals surface area contributed by atoms with Gasteiger partial charge in [0.2, 0.25) is 0 Å². The van der Waals surface area contributed by atoms with Crippen molar-refractivity contribution in [1.29, 1.82) is 0 Å². The SMILES string of the molecule is c1ccc2c(c1)-c1ccccc1C21c2cc3cc(-c4ccc(-c5c6ccccc6c(-c6ccc7ccccc7c6)c6ccccc56)cc4)ccc3cc2-c2c1c1ccccc1c1ccccc21. The van der Waals surface area contributed by atoms with E-state index in [0.29, 0.717) is 0 Å². The van der Waals surface area contributed by atoms with Gasteiger partial charge in [-0.15, -0.1) is 0 Å². The maximum Gasteiger partial charge on any atom is 0.0731 e. The van der Waals surface area contributed by atoms with E-state index in [4.69, 9.17) is 0 Å². The molecular weight excluding hydrogens is 805 g/mol. The third kappa shape index (κ3) is 4.97. The first-order valence-corrected chi connectivity index (χ1v) is 23.5. The topological polar surface area (TPSA) is 0 Å². The number of benzene rings is 13. The van der Waals surface area contributed by atoms with Crippen molar-refractivity contribution in [3.05, 3.63) is 265 Å². The highest BCUT2D eigenvalue weighted by atomic mass is 14.5. The monoisotopic (exact) mass is 844 g/mol. The van der Waals surface area contributed by atoms with Crippen molar-refractivity contribution in [2.45, 2.75) is 5.41 Å². The largest absolute Gasteiger partial charge is 0.0731 e. The summed E-state index contributed by atoms with van der Waals surface area (Å²) in [4.78, 5) is 0. The zero-order valence-electron chi connectivity index (χ0n) is 36.6. The molecule has 0 amide bonds. The molecule has 0 fully saturated rings. The fraction of sp³-hybridized carbons (Fsp3) is 0.0149. The van der Waals surface area contributed by atoms with Gasteiger partial charge >= 0.3 is 0 Å². The standard InChI is InChI=1S/C67H40/c1-2-16-44-37-47(36-31-41(44)15-1)64-56-24-8-6-22-54(56)63(55-23-7-9-25-57(55)64)43-32-29-42(30-33-43)45-34-35-46-39-59-62(40-48(46)38-45)67(60-27-13-11-19-51(60)52-20-12-14-28-61(52)67)66-58-26-10-4-18-50(58)49-17-3-5-21-53(49)65(59)66/h1-40H. The highest BCUT2D eigenvalue weighted by Gasteiger charge is 2.53. The predicted molar refractivity (Wildman–Crippen MR) is 284 cm³/mol. The Labute approximate surface area is 388 Å². The van der Waals surface area contributed by atoms with Crippen molar-refractivity contribution in [3.63, 3.8) is 0 Å². The minimum absolute atomic E-state index is 0.470. The van der Waals surface area contributed by atoms with Crippen LogP contribution in [0.15, 0.2) is 243 Å². The summed E-state index contributed by atoms with van der Waals surface area (Å²) in [7, 11) is 0. The molecule has 0 saturated carbocycles. The van der Waals surface area contributed by atoms with E-state index in [-0.39, 0.29) is 0 Å². The zero-order chi connectivity index (χ0) is 43.8. The number of rotatable bonds is 3. The fourth-order valence-electron chi connectivity index (χ4n) is 12.7. The molecule has 13 aromatic carbocycles. The summed E-state index contributed by atoms with van der Waals surface area (Å²) < 4.78 is 0. The summed E-state index contributed by atoms with van der Waals surface area (Å²) in [5.41, 5.74) is 17.8. The zero-order valence-corrected chi connectivity index (χ0v) is 36.6. The average molecular weight is 845 g/mol. The van der Waals surface area contributed by atoms with E-state index in [9.17, 15) is 0 Å². The van der Waals surface area contributed by atoms with E-state index in [2.05, 4.69) is 243 Å². The fourth-order valence-corrected chi connectivity index (χ4v) is 12.7. The van der Waals surface area contributed by atoms with Gasteiger partial charge in [-0.2, -0.15) is 0 Å². The van der Waals surface area contributed by atoms with Crippen LogP contribution in [0.3, 0.4) is 0 Å². The minimum Gasteiger partial charge on any atom is -0.0619 e. The predicted octanol–water partition coefficient (Wildman–Crippen LogP) is 18.0. The molecule has 0 heterocycles. The van der Waals surface area contributed by atoms with Crippen molar-refractivity contribution in [1.82, 2.24) is 0 Å². The van der Waals surface area contributed by atoms with E-state index >= 15 is 0 Å². The first-order valence-electron chi connectivity index (χ1n) is 23.5. The molecule has 0 N–H and O–H groups in total. The van der Waals surface area contributed by atoms with Gasteiger partial charge < -0.3 is 0 Å². The van der Waals surface area contributed by atoms with E-state index in [1.165, 1.54) is 143 Å². The van der Waals surface area contributed by atoms with Crippen LogP contribution in [0.1, 0.15) is 22.3 Å². The van der Waals surface area contributed by atoms with Gasteiger partial charge in [0.1, 0.15) is 0 Å². The second-order valence-corrected chi connectivity index (χ2v) is 18.6. The summed E-state index contributed by atoms with van der Waals surface area (Å²) in [6.07, 6.45) is 0. The van der Waals surface area contributed by atoms with Crippen LogP contribution < -0.4 is 0 Å². The maximum absolute atomic E-state index is 2.54. The molecule has 0 atom stereocenters. The molecule has 67 heavy (non-hydrogen) atoms. The lowest BCUT2D eigenvalue weighted by Gasteiger charge is -2.32. The van der Waals surface area contributed by atoms with E-state index in [1.54, 1.807) is 0 Å².